The zero-order chi connectivity index (χ0) is 12.8. The fourth-order valence-corrected chi connectivity index (χ4v) is 1.58. The summed E-state index contributed by atoms with van der Waals surface area (Å²) in [6.45, 7) is 4.15. The van der Waals surface area contributed by atoms with Crippen LogP contribution in [-0.2, 0) is 4.79 Å². The van der Waals surface area contributed by atoms with Crippen LogP contribution in [0.25, 0.3) is 0 Å². The molecule has 0 aliphatic heterocycles. The first-order valence-electron chi connectivity index (χ1n) is 4.94. The van der Waals surface area contributed by atoms with Crippen LogP contribution in [0.5, 0.6) is 0 Å². The molecule has 1 amide bonds. The van der Waals surface area contributed by atoms with Gasteiger partial charge in [-0.3, -0.25) is 4.79 Å². The quantitative estimate of drug-likeness (QED) is 0.789. The predicted molar refractivity (Wildman–Crippen MR) is 66.2 cm³/mol. The third kappa shape index (κ3) is 12.1. The SMILES string of the molecule is CC(C)CC(CN)NC(=O)CSC(F)(F)F.Cl. The molecule has 3 nitrogen and oxygen atoms in total. The molecule has 0 aliphatic carbocycles. The van der Waals surface area contributed by atoms with E-state index in [0.717, 1.165) is 0 Å². The Morgan fingerprint density at radius 3 is 2.29 bits per heavy atom. The minimum atomic E-state index is -4.37. The molecule has 0 aliphatic rings. The van der Waals surface area contributed by atoms with Crippen molar-refractivity contribution in [3.05, 3.63) is 0 Å². The minimum Gasteiger partial charge on any atom is -0.351 e. The van der Waals surface area contributed by atoms with Gasteiger partial charge in [-0.25, -0.2) is 0 Å². The summed E-state index contributed by atoms with van der Waals surface area (Å²) >= 11 is -0.340. The maximum Gasteiger partial charge on any atom is 0.442 e. The van der Waals surface area contributed by atoms with Crippen LogP contribution in [0.3, 0.4) is 0 Å². The fourth-order valence-electron chi connectivity index (χ4n) is 1.20. The van der Waals surface area contributed by atoms with Gasteiger partial charge in [-0.05, 0) is 24.1 Å². The van der Waals surface area contributed by atoms with Gasteiger partial charge in [0.1, 0.15) is 0 Å². The maximum absolute atomic E-state index is 11.8. The lowest BCUT2D eigenvalue weighted by Crippen LogP contribution is -2.42. The van der Waals surface area contributed by atoms with Crippen LogP contribution in [-0.4, -0.2) is 29.8 Å². The van der Waals surface area contributed by atoms with Crippen LogP contribution in [0.2, 0.25) is 0 Å². The Balaban J connectivity index is 0. The number of hydrogen-bond donors (Lipinski definition) is 2. The highest BCUT2D eigenvalue weighted by Gasteiger charge is 2.29. The molecule has 0 radical (unpaired) electrons. The first kappa shape index (κ1) is 19.2. The summed E-state index contributed by atoms with van der Waals surface area (Å²) in [6.07, 6.45) is 0.666. The van der Waals surface area contributed by atoms with Crippen LogP contribution in [0, 0.1) is 5.92 Å². The van der Waals surface area contributed by atoms with Gasteiger partial charge in [0, 0.05) is 12.6 Å². The number of carbonyl (C=O) groups is 1. The van der Waals surface area contributed by atoms with Crippen molar-refractivity contribution in [2.24, 2.45) is 11.7 Å². The van der Waals surface area contributed by atoms with E-state index in [4.69, 9.17) is 5.73 Å². The topological polar surface area (TPSA) is 55.1 Å². The maximum atomic E-state index is 11.8. The number of carbonyl (C=O) groups excluding carboxylic acids is 1. The molecule has 8 heteroatoms. The lowest BCUT2D eigenvalue weighted by molar-refractivity contribution is -0.119. The summed E-state index contributed by atoms with van der Waals surface area (Å²) < 4.78 is 35.4. The van der Waals surface area contributed by atoms with E-state index >= 15 is 0 Å². The zero-order valence-corrected chi connectivity index (χ0v) is 11.3. The number of nitrogens with two attached hydrogens (primary N) is 1. The van der Waals surface area contributed by atoms with Crippen molar-refractivity contribution in [2.45, 2.75) is 31.8 Å². The Bertz CT molecular complexity index is 227. The van der Waals surface area contributed by atoms with Crippen molar-refractivity contribution >= 4 is 30.1 Å². The van der Waals surface area contributed by atoms with Crippen molar-refractivity contribution in [1.29, 1.82) is 0 Å². The van der Waals surface area contributed by atoms with Gasteiger partial charge < -0.3 is 11.1 Å². The molecule has 0 spiro atoms. The molecule has 0 fully saturated rings. The second-order valence-corrected chi connectivity index (χ2v) is 4.90. The summed E-state index contributed by atoms with van der Waals surface area (Å²) in [5.41, 5.74) is 1.04. The van der Waals surface area contributed by atoms with Crippen molar-refractivity contribution in [3.63, 3.8) is 0 Å². The van der Waals surface area contributed by atoms with E-state index < -0.39 is 17.2 Å². The number of alkyl halides is 3. The molecule has 0 saturated carbocycles. The van der Waals surface area contributed by atoms with E-state index in [1.54, 1.807) is 0 Å². The first-order valence-corrected chi connectivity index (χ1v) is 5.93. The number of hydrogen-bond acceptors (Lipinski definition) is 3. The average molecular weight is 295 g/mol. The molecule has 104 valence electrons. The van der Waals surface area contributed by atoms with Gasteiger partial charge in [-0.2, -0.15) is 13.2 Å². The first-order chi connectivity index (χ1) is 7.24. The number of nitrogens with one attached hydrogen (secondary N) is 1. The lowest BCUT2D eigenvalue weighted by atomic mass is 10.0. The Hall–Kier alpha value is -0.140. The monoisotopic (exact) mass is 294 g/mol. The molecule has 3 N–H and O–H groups in total. The van der Waals surface area contributed by atoms with E-state index in [0.29, 0.717) is 12.3 Å². The third-order valence-electron chi connectivity index (χ3n) is 1.77. The summed E-state index contributed by atoms with van der Waals surface area (Å²) in [5, 5.41) is 2.49. The number of amides is 1. The molecular formula is C9H18ClF3N2OS. The lowest BCUT2D eigenvalue weighted by Gasteiger charge is -2.18. The summed E-state index contributed by atoms with van der Waals surface area (Å²) in [6, 6.07) is -0.249. The van der Waals surface area contributed by atoms with Crippen molar-refractivity contribution in [1.82, 2.24) is 5.32 Å². The molecule has 1 unspecified atom stereocenters. The van der Waals surface area contributed by atoms with E-state index in [1.807, 2.05) is 13.8 Å². The van der Waals surface area contributed by atoms with E-state index in [2.05, 4.69) is 5.32 Å². The normalized spacial score (nSPS) is 13.1. The smallest absolute Gasteiger partial charge is 0.351 e. The Morgan fingerprint density at radius 2 is 1.94 bits per heavy atom. The fraction of sp³-hybridized carbons (Fsp3) is 0.889. The Labute approximate surface area is 109 Å². The van der Waals surface area contributed by atoms with Crippen LogP contribution in [0.4, 0.5) is 13.2 Å². The number of halogens is 4. The molecule has 0 aromatic rings. The molecule has 0 saturated heterocycles. The van der Waals surface area contributed by atoms with E-state index in [1.165, 1.54) is 0 Å². The van der Waals surface area contributed by atoms with Gasteiger partial charge in [0.15, 0.2) is 0 Å². The molecule has 0 rings (SSSR count). The zero-order valence-electron chi connectivity index (χ0n) is 9.71. The average Bonchev–Trinajstić information content (AvgIpc) is 2.12. The molecule has 0 aromatic heterocycles. The van der Waals surface area contributed by atoms with Gasteiger partial charge in [0.25, 0.3) is 0 Å². The standard InChI is InChI=1S/C9H17F3N2OS.ClH/c1-6(2)3-7(4-13)14-8(15)5-16-9(10,11)12;/h6-7H,3-5,13H2,1-2H3,(H,14,15);1H. The van der Waals surface area contributed by atoms with Crippen molar-refractivity contribution in [3.8, 4) is 0 Å². The van der Waals surface area contributed by atoms with Crippen LogP contribution < -0.4 is 11.1 Å². The van der Waals surface area contributed by atoms with Crippen LogP contribution in [0.15, 0.2) is 0 Å². The highest BCUT2D eigenvalue weighted by atomic mass is 35.5. The summed E-state index contributed by atoms with van der Waals surface area (Å²) in [5.74, 6) is -0.902. The largest absolute Gasteiger partial charge is 0.442 e. The summed E-state index contributed by atoms with van der Waals surface area (Å²) in [4.78, 5) is 11.2. The molecule has 17 heavy (non-hydrogen) atoms. The third-order valence-corrected chi connectivity index (χ3v) is 2.51. The molecular weight excluding hydrogens is 277 g/mol. The van der Waals surface area contributed by atoms with Gasteiger partial charge in [0.2, 0.25) is 5.91 Å². The second kappa shape index (κ2) is 8.88. The molecule has 0 aromatic carbocycles. The van der Waals surface area contributed by atoms with Gasteiger partial charge >= 0.3 is 5.51 Å². The van der Waals surface area contributed by atoms with E-state index in [-0.39, 0.29) is 36.8 Å². The minimum absolute atomic E-state index is 0. The Morgan fingerprint density at radius 1 is 1.41 bits per heavy atom. The highest BCUT2D eigenvalue weighted by Crippen LogP contribution is 2.29. The van der Waals surface area contributed by atoms with Crippen LogP contribution in [0.1, 0.15) is 20.3 Å². The second-order valence-electron chi connectivity index (χ2n) is 3.86. The molecule has 0 bridgehead atoms. The molecule has 1 atom stereocenters. The number of thioether (sulfide) groups is 1. The Kier molecular flexibility index (Phi) is 10.0. The van der Waals surface area contributed by atoms with Gasteiger partial charge in [0.05, 0.1) is 5.75 Å². The summed E-state index contributed by atoms with van der Waals surface area (Å²) in [7, 11) is 0. The van der Waals surface area contributed by atoms with Crippen molar-refractivity contribution in [2.75, 3.05) is 12.3 Å². The number of rotatable bonds is 6. The van der Waals surface area contributed by atoms with Crippen molar-refractivity contribution < 1.29 is 18.0 Å². The van der Waals surface area contributed by atoms with Crippen LogP contribution >= 0.6 is 24.2 Å². The highest BCUT2D eigenvalue weighted by molar-refractivity contribution is 8.00. The van der Waals surface area contributed by atoms with E-state index in [9.17, 15) is 18.0 Å². The predicted octanol–water partition coefficient (Wildman–Crippen LogP) is 2.15. The van der Waals surface area contributed by atoms with Gasteiger partial charge in [-0.1, -0.05) is 13.8 Å². The van der Waals surface area contributed by atoms with Gasteiger partial charge in [-0.15, -0.1) is 12.4 Å². The molecule has 0 heterocycles.